The molecule has 1 saturated heterocycles. The lowest BCUT2D eigenvalue weighted by atomic mass is 10.0. The second kappa shape index (κ2) is 7.67. The molecule has 0 bridgehead atoms. The van der Waals surface area contributed by atoms with Crippen LogP contribution in [0.2, 0.25) is 0 Å². The van der Waals surface area contributed by atoms with Crippen LogP contribution in [-0.4, -0.2) is 44.4 Å². The molecule has 144 valence electrons. The van der Waals surface area contributed by atoms with Gasteiger partial charge in [0, 0.05) is 17.9 Å². The third kappa shape index (κ3) is 3.62. The number of anilines is 2. The van der Waals surface area contributed by atoms with Crippen molar-refractivity contribution >= 4 is 11.7 Å². The number of hydrogen-bond donors (Lipinski definition) is 1. The Bertz CT molecular complexity index is 935. The average molecular weight is 376 g/mol. The number of fused-ring (bicyclic) bond motifs is 1. The van der Waals surface area contributed by atoms with Crippen LogP contribution in [0.15, 0.2) is 40.9 Å². The van der Waals surface area contributed by atoms with Gasteiger partial charge in [-0.3, -0.25) is 0 Å². The van der Waals surface area contributed by atoms with Gasteiger partial charge >= 0.3 is 6.01 Å². The molecule has 1 N–H and O–H groups in total. The molecule has 7 heteroatoms. The van der Waals surface area contributed by atoms with E-state index in [-0.39, 0.29) is 0 Å². The molecule has 2 aromatic heterocycles. The summed E-state index contributed by atoms with van der Waals surface area (Å²) >= 11 is 0. The van der Waals surface area contributed by atoms with E-state index in [2.05, 4.69) is 48.8 Å². The zero-order chi connectivity index (χ0) is 18.8. The molecule has 7 nitrogen and oxygen atoms in total. The van der Waals surface area contributed by atoms with E-state index < -0.39 is 0 Å². The fraction of sp³-hybridized carbons (Fsp3) is 0.429. The third-order valence-corrected chi connectivity index (χ3v) is 5.82. The number of nitrogens with one attached hydrogen (secondary N) is 1. The zero-order valence-corrected chi connectivity index (χ0v) is 15.8. The second-order valence-electron chi connectivity index (χ2n) is 7.60. The van der Waals surface area contributed by atoms with E-state index in [1.165, 1.54) is 49.9 Å². The molecule has 3 heterocycles. The number of rotatable bonds is 4. The van der Waals surface area contributed by atoms with Gasteiger partial charge in [0.1, 0.15) is 5.69 Å². The first kappa shape index (κ1) is 17.3. The van der Waals surface area contributed by atoms with Gasteiger partial charge in [0.2, 0.25) is 0 Å². The van der Waals surface area contributed by atoms with E-state index in [0.29, 0.717) is 17.6 Å². The van der Waals surface area contributed by atoms with Crippen LogP contribution < -0.4 is 5.32 Å². The first-order chi connectivity index (χ1) is 13.8. The SMILES string of the molecule is c1cnnc(-c2nnc(Nc3ccc4c(c3)CCC(N3CCCC3)CC4)o2)c1. The van der Waals surface area contributed by atoms with Crippen LogP contribution in [0.25, 0.3) is 11.6 Å². The molecule has 0 amide bonds. The topological polar surface area (TPSA) is 80.0 Å². The molecule has 0 radical (unpaired) electrons. The summed E-state index contributed by atoms with van der Waals surface area (Å²) in [5.41, 5.74) is 4.45. The van der Waals surface area contributed by atoms with Crippen LogP contribution in [0, 0.1) is 0 Å². The lowest BCUT2D eigenvalue weighted by molar-refractivity contribution is 0.222. The van der Waals surface area contributed by atoms with Crippen molar-refractivity contribution in [3.63, 3.8) is 0 Å². The third-order valence-electron chi connectivity index (χ3n) is 5.82. The van der Waals surface area contributed by atoms with E-state index in [1.54, 1.807) is 18.3 Å². The number of hydrogen-bond acceptors (Lipinski definition) is 7. The van der Waals surface area contributed by atoms with Crippen molar-refractivity contribution in [2.45, 2.75) is 44.6 Å². The van der Waals surface area contributed by atoms with Gasteiger partial charge in [0.15, 0.2) is 0 Å². The van der Waals surface area contributed by atoms with Crippen molar-refractivity contribution in [3.8, 4) is 11.6 Å². The van der Waals surface area contributed by atoms with E-state index in [0.717, 1.165) is 24.6 Å². The highest BCUT2D eigenvalue weighted by Crippen LogP contribution is 2.29. The molecule has 1 atom stereocenters. The molecular weight excluding hydrogens is 352 g/mol. The quantitative estimate of drug-likeness (QED) is 0.697. The summed E-state index contributed by atoms with van der Waals surface area (Å²) in [5.74, 6) is 0.360. The molecule has 0 spiro atoms. The Morgan fingerprint density at radius 2 is 1.82 bits per heavy atom. The molecule has 1 unspecified atom stereocenters. The summed E-state index contributed by atoms with van der Waals surface area (Å²) in [4.78, 5) is 2.69. The first-order valence-corrected chi connectivity index (χ1v) is 10.1. The summed E-state index contributed by atoms with van der Waals surface area (Å²) < 4.78 is 5.68. The lowest BCUT2D eigenvalue weighted by Gasteiger charge is -2.25. The molecular formula is C21H24N6O. The molecule has 1 aliphatic carbocycles. The number of benzene rings is 1. The van der Waals surface area contributed by atoms with Crippen LogP contribution in [0.1, 0.15) is 36.8 Å². The van der Waals surface area contributed by atoms with E-state index >= 15 is 0 Å². The van der Waals surface area contributed by atoms with Crippen molar-refractivity contribution < 1.29 is 4.42 Å². The molecule has 1 aliphatic heterocycles. The molecule has 2 aliphatic rings. The normalized spacial score (nSPS) is 19.9. The number of aryl methyl sites for hydroxylation is 2. The predicted octanol–water partition coefficient (Wildman–Crippen LogP) is 3.61. The summed E-state index contributed by atoms with van der Waals surface area (Å²) in [7, 11) is 0. The Morgan fingerprint density at radius 3 is 2.64 bits per heavy atom. The lowest BCUT2D eigenvalue weighted by Crippen LogP contribution is -2.32. The summed E-state index contributed by atoms with van der Waals surface area (Å²) in [5, 5.41) is 19.2. The Kier molecular flexibility index (Phi) is 4.74. The van der Waals surface area contributed by atoms with Gasteiger partial charge in [-0.1, -0.05) is 11.2 Å². The second-order valence-corrected chi connectivity index (χ2v) is 7.60. The van der Waals surface area contributed by atoms with Gasteiger partial charge in [-0.25, -0.2) is 0 Å². The van der Waals surface area contributed by atoms with Gasteiger partial charge in [-0.2, -0.15) is 5.10 Å². The van der Waals surface area contributed by atoms with Crippen LogP contribution in [-0.2, 0) is 12.8 Å². The Morgan fingerprint density at radius 1 is 0.964 bits per heavy atom. The minimum Gasteiger partial charge on any atom is -0.401 e. The van der Waals surface area contributed by atoms with Crippen molar-refractivity contribution in [2.75, 3.05) is 18.4 Å². The van der Waals surface area contributed by atoms with Gasteiger partial charge in [-0.15, -0.1) is 10.2 Å². The minimum absolute atomic E-state index is 0.360. The number of aromatic nitrogens is 4. The van der Waals surface area contributed by atoms with Crippen molar-refractivity contribution in [1.29, 1.82) is 0 Å². The summed E-state index contributed by atoms with van der Waals surface area (Å²) in [6.45, 7) is 2.55. The Labute approximate surface area is 164 Å². The van der Waals surface area contributed by atoms with Crippen molar-refractivity contribution in [2.24, 2.45) is 0 Å². The molecule has 5 rings (SSSR count). The highest BCUT2D eigenvalue weighted by molar-refractivity contribution is 5.56. The maximum Gasteiger partial charge on any atom is 0.320 e. The summed E-state index contributed by atoms with van der Waals surface area (Å²) in [6, 6.07) is 11.3. The maximum absolute atomic E-state index is 5.68. The smallest absolute Gasteiger partial charge is 0.320 e. The van der Waals surface area contributed by atoms with E-state index in [4.69, 9.17) is 4.42 Å². The fourth-order valence-corrected chi connectivity index (χ4v) is 4.36. The number of likely N-dealkylation sites (tertiary alicyclic amines) is 1. The van der Waals surface area contributed by atoms with Crippen molar-refractivity contribution in [3.05, 3.63) is 47.7 Å². The molecule has 28 heavy (non-hydrogen) atoms. The zero-order valence-electron chi connectivity index (χ0n) is 15.8. The van der Waals surface area contributed by atoms with Gasteiger partial charge in [-0.05, 0) is 87.0 Å². The van der Waals surface area contributed by atoms with Crippen LogP contribution in [0.3, 0.4) is 0 Å². The van der Waals surface area contributed by atoms with Crippen LogP contribution in [0.5, 0.6) is 0 Å². The number of nitrogens with zero attached hydrogens (tertiary/aromatic N) is 5. The molecule has 0 saturated carbocycles. The van der Waals surface area contributed by atoms with E-state index in [9.17, 15) is 0 Å². The van der Waals surface area contributed by atoms with Crippen molar-refractivity contribution in [1.82, 2.24) is 25.3 Å². The largest absolute Gasteiger partial charge is 0.401 e. The average Bonchev–Trinajstić information content (AvgIpc) is 3.38. The molecule has 1 aromatic carbocycles. The highest BCUT2D eigenvalue weighted by Gasteiger charge is 2.24. The van der Waals surface area contributed by atoms with Crippen LogP contribution >= 0.6 is 0 Å². The first-order valence-electron chi connectivity index (χ1n) is 10.1. The minimum atomic E-state index is 0.360. The standard InChI is InChI=1S/C21H24N6O/c1-2-13-27(12-1)18-9-6-15-5-8-17(14-16(15)7-10-18)23-21-26-25-20(28-21)19-4-3-11-22-24-19/h3-5,8,11,14,18H,1-2,6-7,9-10,12-13H2,(H,23,26). The molecule has 3 aromatic rings. The fourth-order valence-electron chi connectivity index (χ4n) is 4.36. The predicted molar refractivity (Wildman–Crippen MR) is 106 cm³/mol. The van der Waals surface area contributed by atoms with Gasteiger partial charge in [0.25, 0.3) is 5.89 Å². The molecule has 1 fully saturated rings. The van der Waals surface area contributed by atoms with E-state index in [1.807, 2.05) is 0 Å². The Hall–Kier alpha value is -2.80. The van der Waals surface area contributed by atoms with Gasteiger partial charge < -0.3 is 14.6 Å². The monoisotopic (exact) mass is 376 g/mol. The van der Waals surface area contributed by atoms with Crippen LogP contribution in [0.4, 0.5) is 11.7 Å². The van der Waals surface area contributed by atoms with Gasteiger partial charge in [0.05, 0.1) is 0 Å². The highest BCUT2D eigenvalue weighted by atomic mass is 16.4. The maximum atomic E-state index is 5.68. The summed E-state index contributed by atoms with van der Waals surface area (Å²) in [6.07, 6.45) is 9.13. The Balaban J connectivity index is 1.29.